The number of nitrogens with zero attached hydrogens (tertiary/aromatic N) is 1. The Kier molecular flexibility index (Phi) is 3.89. The van der Waals surface area contributed by atoms with Gasteiger partial charge in [0.25, 0.3) is 0 Å². The minimum absolute atomic E-state index is 0.194. The van der Waals surface area contributed by atoms with Crippen molar-refractivity contribution in [2.45, 2.75) is 12.1 Å². The Morgan fingerprint density at radius 1 is 1.05 bits per heavy atom. The normalized spacial score (nSPS) is 17.6. The molecule has 1 heterocycles. The molecule has 1 atom stereocenters. The van der Waals surface area contributed by atoms with E-state index in [9.17, 15) is 14.7 Å². The van der Waals surface area contributed by atoms with Crippen LogP contribution in [0.15, 0.2) is 60.7 Å². The lowest BCUT2D eigenvalue weighted by Crippen LogP contribution is -2.42. The topological polar surface area (TPSA) is 66.8 Å². The van der Waals surface area contributed by atoms with Gasteiger partial charge < -0.3 is 9.84 Å². The maximum Gasteiger partial charge on any atom is 0.419 e. The number of hydrogen-bond acceptors (Lipinski definition) is 4. The number of cyclic esters (lactones) is 1. The number of hydrogen-bond donors (Lipinski definition) is 1. The van der Waals surface area contributed by atoms with Crippen LogP contribution >= 0.6 is 0 Å². The molecule has 1 aliphatic rings. The maximum atomic E-state index is 12.8. The fraction of sp³-hybridized carbons (Fsp3) is 0.176. The molecular weight excluding hydrogens is 282 g/mol. The molecule has 22 heavy (non-hydrogen) atoms. The van der Waals surface area contributed by atoms with Gasteiger partial charge in [0.15, 0.2) is 6.23 Å². The molecule has 0 aliphatic carbocycles. The van der Waals surface area contributed by atoms with Gasteiger partial charge in [0.1, 0.15) is 6.61 Å². The first kappa shape index (κ1) is 14.3. The van der Waals surface area contributed by atoms with Gasteiger partial charge in [-0.1, -0.05) is 60.7 Å². The van der Waals surface area contributed by atoms with E-state index in [4.69, 9.17) is 4.74 Å². The van der Waals surface area contributed by atoms with Gasteiger partial charge >= 0.3 is 6.09 Å². The smallest absolute Gasteiger partial charge is 0.419 e. The van der Waals surface area contributed by atoms with Crippen LogP contribution in [0.3, 0.4) is 0 Å². The third kappa shape index (κ3) is 2.58. The molecule has 1 N–H and O–H groups in total. The van der Waals surface area contributed by atoms with Gasteiger partial charge in [0.05, 0.1) is 5.92 Å². The third-order valence-electron chi connectivity index (χ3n) is 3.60. The second-order valence-electron chi connectivity index (χ2n) is 5.02. The first-order valence-electron chi connectivity index (χ1n) is 6.96. The Morgan fingerprint density at radius 3 is 1.95 bits per heavy atom. The predicted molar refractivity (Wildman–Crippen MR) is 78.9 cm³/mol. The van der Waals surface area contributed by atoms with Crippen molar-refractivity contribution in [3.05, 3.63) is 71.8 Å². The molecule has 2 amide bonds. The Balaban J connectivity index is 2.03. The summed E-state index contributed by atoms with van der Waals surface area (Å²) in [4.78, 5) is 25.3. The van der Waals surface area contributed by atoms with Crippen molar-refractivity contribution in [1.29, 1.82) is 0 Å². The maximum absolute atomic E-state index is 12.8. The Hall–Kier alpha value is -2.66. The van der Waals surface area contributed by atoms with E-state index in [-0.39, 0.29) is 6.61 Å². The van der Waals surface area contributed by atoms with Crippen LogP contribution in [-0.4, -0.2) is 34.8 Å². The number of aliphatic hydroxyl groups is 1. The van der Waals surface area contributed by atoms with Crippen LogP contribution < -0.4 is 0 Å². The van der Waals surface area contributed by atoms with E-state index in [1.54, 1.807) is 0 Å². The number of carbonyl (C=O) groups is 2. The van der Waals surface area contributed by atoms with E-state index >= 15 is 0 Å². The Bertz CT molecular complexity index is 632. The van der Waals surface area contributed by atoms with Crippen LogP contribution in [0.5, 0.6) is 0 Å². The summed E-state index contributed by atoms with van der Waals surface area (Å²) in [6.07, 6.45) is -2.05. The summed E-state index contributed by atoms with van der Waals surface area (Å²) in [7, 11) is 0. The summed E-state index contributed by atoms with van der Waals surface area (Å²) in [6.45, 7) is -0.194. The summed E-state index contributed by atoms with van der Waals surface area (Å²) in [5, 5.41) is 9.83. The van der Waals surface area contributed by atoms with Crippen LogP contribution in [-0.2, 0) is 9.53 Å². The van der Waals surface area contributed by atoms with E-state index in [0.717, 1.165) is 16.0 Å². The third-order valence-corrected chi connectivity index (χ3v) is 3.60. The van der Waals surface area contributed by atoms with Crippen molar-refractivity contribution < 1.29 is 19.4 Å². The van der Waals surface area contributed by atoms with Crippen LogP contribution in [0.2, 0.25) is 0 Å². The van der Waals surface area contributed by atoms with Gasteiger partial charge in [-0.15, -0.1) is 0 Å². The van der Waals surface area contributed by atoms with Gasteiger partial charge in [-0.3, -0.25) is 4.79 Å². The standard InChI is InChI=1S/C17H15NO4/c19-14-11-22-17(21)18(14)16(20)15(12-7-3-1-4-8-12)13-9-5-2-6-10-13/h1-10,14-15,19H,11H2/t14-/m0/s1. The molecule has 0 radical (unpaired) electrons. The van der Waals surface area contributed by atoms with Crippen molar-refractivity contribution in [1.82, 2.24) is 4.90 Å². The highest BCUT2D eigenvalue weighted by atomic mass is 16.6. The molecular formula is C17H15NO4. The quantitative estimate of drug-likeness (QED) is 0.942. The minimum Gasteiger partial charge on any atom is -0.444 e. The van der Waals surface area contributed by atoms with Gasteiger partial charge in [0.2, 0.25) is 5.91 Å². The first-order chi connectivity index (χ1) is 10.7. The van der Waals surface area contributed by atoms with Crippen molar-refractivity contribution in [2.24, 2.45) is 0 Å². The van der Waals surface area contributed by atoms with Crippen LogP contribution in [0, 0.1) is 0 Å². The van der Waals surface area contributed by atoms with Crippen molar-refractivity contribution in [3.8, 4) is 0 Å². The summed E-state index contributed by atoms with van der Waals surface area (Å²) in [6, 6.07) is 18.3. The number of aliphatic hydroxyl groups excluding tert-OH is 1. The lowest BCUT2D eigenvalue weighted by molar-refractivity contribution is -0.134. The molecule has 5 nitrogen and oxygen atoms in total. The van der Waals surface area contributed by atoms with Gasteiger partial charge in [0, 0.05) is 0 Å². The van der Waals surface area contributed by atoms with Crippen molar-refractivity contribution in [3.63, 3.8) is 0 Å². The monoisotopic (exact) mass is 297 g/mol. The molecule has 0 spiro atoms. The average molecular weight is 297 g/mol. The lowest BCUT2D eigenvalue weighted by Gasteiger charge is -2.23. The summed E-state index contributed by atoms with van der Waals surface area (Å²) in [5.41, 5.74) is 1.51. The minimum atomic E-state index is -1.24. The average Bonchev–Trinajstić information content (AvgIpc) is 2.88. The number of benzene rings is 2. The highest BCUT2D eigenvalue weighted by Gasteiger charge is 2.40. The molecule has 1 fully saturated rings. The zero-order chi connectivity index (χ0) is 15.5. The van der Waals surface area contributed by atoms with Crippen molar-refractivity contribution >= 4 is 12.0 Å². The Labute approximate surface area is 127 Å². The molecule has 0 saturated carbocycles. The summed E-state index contributed by atoms with van der Waals surface area (Å²) in [5.74, 6) is -1.16. The number of carbonyl (C=O) groups excluding carboxylic acids is 2. The van der Waals surface area contributed by atoms with Gasteiger partial charge in [-0.2, -0.15) is 0 Å². The van der Waals surface area contributed by atoms with E-state index < -0.39 is 24.1 Å². The van der Waals surface area contributed by atoms with Crippen molar-refractivity contribution in [2.75, 3.05) is 6.61 Å². The fourth-order valence-electron chi connectivity index (χ4n) is 2.56. The first-order valence-corrected chi connectivity index (χ1v) is 6.96. The largest absolute Gasteiger partial charge is 0.444 e. The second-order valence-corrected chi connectivity index (χ2v) is 5.02. The lowest BCUT2D eigenvalue weighted by atomic mass is 9.90. The molecule has 5 heteroatoms. The number of ether oxygens (including phenoxy) is 1. The zero-order valence-electron chi connectivity index (χ0n) is 11.8. The molecule has 0 bridgehead atoms. The SMILES string of the molecule is O=C1OC[C@H](O)N1C(=O)C(c1ccccc1)c1ccccc1. The number of rotatable bonds is 3. The van der Waals surface area contributed by atoms with E-state index in [0.29, 0.717) is 0 Å². The van der Waals surface area contributed by atoms with Gasteiger partial charge in [-0.05, 0) is 11.1 Å². The number of imide groups is 1. The second kappa shape index (κ2) is 5.99. The van der Waals surface area contributed by atoms with E-state index in [1.165, 1.54) is 0 Å². The fourth-order valence-corrected chi connectivity index (χ4v) is 2.56. The Morgan fingerprint density at radius 2 is 1.55 bits per heavy atom. The molecule has 1 saturated heterocycles. The van der Waals surface area contributed by atoms with Crippen LogP contribution in [0.25, 0.3) is 0 Å². The summed E-state index contributed by atoms with van der Waals surface area (Å²) >= 11 is 0. The molecule has 0 unspecified atom stereocenters. The number of amides is 2. The van der Waals surface area contributed by atoms with Gasteiger partial charge in [-0.25, -0.2) is 9.69 Å². The zero-order valence-corrected chi connectivity index (χ0v) is 11.8. The van der Waals surface area contributed by atoms with E-state index in [1.807, 2.05) is 60.7 Å². The predicted octanol–water partition coefficient (Wildman–Crippen LogP) is 2.12. The molecule has 1 aliphatic heterocycles. The summed E-state index contributed by atoms with van der Waals surface area (Å²) < 4.78 is 4.74. The van der Waals surface area contributed by atoms with Crippen LogP contribution in [0.1, 0.15) is 17.0 Å². The van der Waals surface area contributed by atoms with E-state index in [2.05, 4.69) is 0 Å². The molecule has 112 valence electrons. The van der Waals surface area contributed by atoms with Crippen LogP contribution in [0.4, 0.5) is 4.79 Å². The molecule has 2 aromatic rings. The highest BCUT2D eigenvalue weighted by molar-refractivity contribution is 5.98. The molecule has 0 aromatic heterocycles. The molecule has 3 rings (SSSR count). The molecule has 2 aromatic carbocycles. The highest BCUT2D eigenvalue weighted by Crippen LogP contribution is 2.28.